The van der Waals surface area contributed by atoms with Crippen LogP contribution in [0, 0.1) is 5.92 Å². The molecule has 3 heterocycles. The quantitative estimate of drug-likeness (QED) is 0.738. The Morgan fingerprint density at radius 3 is 2.44 bits per heavy atom. The van der Waals surface area contributed by atoms with Gasteiger partial charge in [0.1, 0.15) is 5.69 Å². The number of hydrogen-bond donors (Lipinski definition) is 1. The first kappa shape index (κ1) is 22.4. The summed E-state index contributed by atoms with van der Waals surface area (Å²) in [6.07, 6.45) is 3.85. The smallest absolute Gasteiger partial charge is 0.328 e. The summed E-state index contributed by atoms with van der Waals surface area (Å²) < 4.78 is 1.79. The van der Waals surface area contributed by atoms with Crippen molar-refractivity contribution in [2.75, 3.05) is 29.4 Å². The van der Waals surface area contributed by atoms with E-state index in [2.05, 4.69) is 24.1 Å². The molecule has 2 aliphatic rings. The van der Waals surface area contributed by atoms with Crippen LogP contribution in [0.1, 0.15) is 44.6 Å². The van der Waals surface area contributed by atoms with Gasteiger partial charge in [-0.25, -0.2) is 4.79 Å². The zero-order valence-electron chi connectivity index (χ0n) is 18.5. The molecule has 4 rings (SSSR count). The third-order valence-corrected chi connectivity index (χ3v) is 6.60. The molecule has 1 aromatic heterocycles. The highest BCUT2D eigenvalue weighted by Crippen LogP contribution is 2.38. The van der Waals surface area contributed by atoms with Crippen LogP contribution in [0.25, 0.3) is 0 Å². The number of benzene rings is 1. The van der Waals surface area contributed by atoms with Crippen LogP contribution in [0.4, 0.5) is 16.2 Å². The first-order valence-electron chi connectivity index (χ1n) is 11.2. The lowest BCUT2D eigenvalue weighted by Crippen LogP contribution is -2.49. The minimum Gasteiger partial charge on any atom is -0.367 e. The molecular formula is C24H29ClN4O3. The standard InChI is InChI=1S/C24H29ClN4O3/c1-16(2)15-28-11-4-7-20(23(28)31)27-12-8-17(9-13-27)18-5-3-6-19(22(18)25)29-14-10-21(30)26-24(29)32/h3-7,11,16-17H,8-10,12-15H2,1-2H3,(H,26,30,32). The number of halogens is 1. The zero-order valence-corrected chi connectivity index (χ0v) is 19.3. The highest BCUT2D eigenvalue weighted by molar-refractivity contribution is 6.34. The summed E-state index contributed by atoms with van der Waals surface area (Å²) >= 11 is 6.75. The number of amides is 3. The fourth-order valence-corrected chi connectivity index (χ4v) is 4.97. The fraction of sp³-hybridized carbons (Fsp3) is 0.458. The average Bonchev–Trinajstić information content (AvgIpc) is 2.76. The Labute approximate surface area is 193 Å². The van der Waals surface area contributed by atoms with Crippen molar-refractivity contribution >= 4 is 34.9 Å². The maximum absolute atomic E-state index is 12.9. The molecule has 0 unspecified atom stereocenters. The summed E-state index contributed by atoms with van der Waals surface area (Å²) in [6, 6.07) is 9.16. The molecule has 2 aliphatic heterocycles. The van der Waals surface area contributed by atoms with Gasteiger partial charge in [-0.05, 0) is 48.4 Å². The van der Waals surface area contributed by atoms with Crippen LogP contribution < -0.4 is 20.7 Å². The zero-order chi connectivity index (χ0) is 22.8. The average molecular weight is 457 g/mol. The number of hydrogen-bond acceptors (Lipinski definition) is 4. The minimum atomic E-state index is -0.433. The van der Waals surface area contributed by atoms with Gasteiger partial charge in [-0.2, -0.15) is 0 Å². The van der Waals surface area contributed by atoms with E-state index < -0.39 is 6.03 Å². The summed E-state index contributed by atoms with van der Waals surface area (Å²) in [5.74, 6) is 0.386. The molecule has 1 aromatic carbocycles. The Balaban J connectivity index is 1.49. The second-order valence-corrected chi connectivity index (χ2v) is 9.32. The summed E-state index contributed by atoms with van der Waals surface area (Å²) in [7, 11) is 0. The van der Waals surface area contributed by atoms with Crippen molar-refractivity contribution in [2.24, 2.45) is 5.92 Å². The van der Waals surface area contributed by atoms with Crippen molar-refractivity contribution in [3.05, 3.63) is 57.5 Å². The molecular weight excluding hydrogens is 428 g/mol. The predicted octanol–water partition coefficient (Wildman–Crippen LogP) is 3.99. The van der Waals surface area contributed by atoms with E-state index in [1.165, 1.54) is 4.90 Å². The number of nitrogens with zero attached hydrogens (tertiary/aromatic N) is 3. The number of nitrogens with one attached hydrogen (secondary N) is 1. The van der Waals surface area contributed by atoms with E-state index in [0.29, 0.717) is 29.7 Å². The van der Waals surface area contributed by atoms with Gasteiger partial charge in [-0.1, -0.05) is 37.6 Å². The van der Waals surface area contributed by atoms with E-state index in [4.69, 9.17) is 11.6 Å². The number of carbonyl (C=O) groups is 2. The summed E-state index contributed by atoms with van der Waals surface area (Å²) in [6.45, 7) is 6.78. The Hall–Kier alpha value is -2.80. The summed E-state index contributed by atoms with van der Waals surface area (Å²) in [4.78, 5) is 40.4. The molecule has 32 heavy (non-hydrogen) atoms. The number of imide groups is 1. The highest BCUT2D eigenvalue weighted by atomic mass is 35.5. The summed E-state index contributed by atoms with van der Waals surface area (Å²) in [5.41, 5.74) is 2.46. The number of carbonyl (C=O) groups excluding carboxylic acids is 2. The van der Waals surface area contributed by atoms with Gasteiger partial charge >= 0.3 is 6.03 Å². The Bertz CT molecular complexity index is 1070. The van der Waals surface area contributed by atoms with Gasteiger partial charge in [-0.3, -0.25) is 19.8 Å². The van der Waals surface area contributed by atoms with Gasteiger partial charge in [0.2, 0.25) is 5.91 Å². The van der Waals surface area contributed by atoms with E-state index in [0.717, 1.165) is 37.2 Å². The Morgan fingerprint density at radius 2 is 1.75 bits per heavy atom. The SMILES string of the molecule is CC(C)Cn1cccc(N2CCC(c3cccc(N4CCC(=O)NC4=O)c3Cl)CC2)c1=O. The molecule has 170 valence electrons. The molecule has 0 aliphatic carbocycles. The minimum absolute atomic E-state index is 0.0605. The molecule has 8 heteroatoms. The van der Waals surface area contributed by atoms with Crippen molar-refractivity contribution in [1.82, 2.24) is 9.88 Å². The highest BCUT2D eigenvalue weighted by Gasteiger charge is 2.29. The third kappa shape index (κ3) is 4.53. The maximum Gasteiger partial charge on any atom is 0.328 e. The summed E-state index contributed by atoms with van der Waals surface area (Å²) in [5, 5.41) is 2.91. The van der Waals surface area contributed by atoms with Crippen LogP contribution in [-0.2, 0) is 11.3 Å². The fourth-order valence-electron chi connectivity index (χ4n) is 4.59. The number of rotatable bonds is 5. The first-order chi connectivity index (χ1) is 15.3. The lowest BCUT2D eigenvalue weighted by Gasteiger charge is -2.35. The molecule has 2 saturated heterocycles. The molecule has 0 bridgehead atoms. The number of aromatic nitrogens is 1. The molecule has 0 spiro atoms. The molecule has 2 aromatic rings. The van der Waals surface area contributed by atoms with E-state index in [9.17, 15) is 14.4 Å². The van der Waals surface area contributed by atoms with Crippen LogP contribution in [0.3, 0.4) is 0 Å². The van der Waals surface area contributed by atoms with Gasteiger partial charge in [0.15, 0.2) is 0 Å². The van der Waals surface area contributed by atoms with E-state index in [1.807, 2.05) is 36.5 Å². The van der Waals surface area contributed by atoms with Crippen molar-refractivity contribution in [2.45, 2.75) is 45.6 Å². The van der Waals surface area contributed by atoms with Crippen LogP contribution in [0.5, 0.6) is 0 Å². The van der Waals surface area contributed by atoms with Crippen LogP contribution in [-0.4, -0.2) is 36.1 Å². The van der Waals surface area contributed by atoms with Gasteiger partial charge in [0.25, 0.3) is 5.56 Å². The van der Waals surface area contributed by atoms with Crippen LogP contribution in [0.2, 0.25) is 5.02 Å². The number of anilines is 2. The lowest BCUT2D eigenvalue weighted by molar-refractivity contribution is -0.120. The van der Waals surface area contributed by atoms with Crippen LogP contribution >= 0.6 is 11.6 Å². The molecule has 0 radical (unpaired) electrons. The topological polar surface area (TPSA) is 74.7 Å². The van der Waals surface area contributed by atoms with E-state index >= 15 is 0 Å². The Morgan fingerprint density at radius 1 is 1.03 bits per heavy atom. The molecule has 2 fully saturated rings. The molecule has 1 N–H and O–H groups in total. The second kappa shape index (κ2) is 9.36. The third-order valence-electron chi connectivity index (χ3n) is 6.19. The van der Waals surface area contributed by atoms with Crippen molar-refractivity contribution in [1.29, 1.82) is 0 Å². The predicted molar refractivity (Wildman–Crippen MR) is 127 cm³/mol. The van der Waals surface area contributed by atoms with Gasteiger partial charge in [0.05, 0.1) is 10.7 Å². The largest absolute Gasteiger partial charge is 0.367 e. The molecule has 7 nitrogen and oxygen atoms in total. The second-order valence-electron chi connectivity index (χ2n) is 8.94. The molecule has 0 atom stereocenters. The number of piperidine rings is 1. The number of pyridine rings is 1. The molecule has 0 saturated carbocycles. The monoisotopic (exact) mass is 456 g/mol. The lowest BCUT2D eigenvalue weighted by atomic mass is 9.88. The van der Waals surface area contributed by atoms with Gasteiger partial charge in [-0.15, -0.1) is 0 Å². The van der Waals surface area contributed by atoms with Gasteiger partial charge < -0.3 is 9.47 Å². The maximum atomic E-state index is 12.9. The molecule has 3 amide bonds. The van der Waals surface area contributed by atoms with E-state index in [-0.39, 0.29) is 23.8 Å². The van der Waals surface area contributed by atoms with Gasteiger partial charge in [0, 0.05) is 38.8 Å². The Kier molecular flexibility index (Phi) is 6.55. The van der Waals surface area contributed by atoms with Crippen LogP contribution in [0.15, 0.2) is 41.3 Å². The number of urea groups is 1. The first-order valence-corrected chi connectivity index (χ1v) is 11.6. The van der Waals surface area contributed by atoms with E-state index in [1.54, 1.807) is 4.57 Å². The van der Waals surface area contributed by atoms with Crippen molar-refractivity contribution in [3.8, 4) is 0 Å². The normalized spacial score (nSPS) is 17.8. The van der Waals surface area contributed by atoms with Crippen molar-refractivity contribution in [3.63, 3.8) is 0 Å². The van der Waals surface area contributed by atoms with Crippen molar-refractivity contribution < 1.29 is 9.59 Å².